The molecule has 2 N–H and O–H groups in total. The monoisotopic (exact) mass is 275 g/mol. The van der Waals surface area contributed by atoms with E-state index in [-0.39, 0.29) is 6.10 Å². The van der Waals surface area contributed by atoms with Gasteiger partial charge in [-0.05, 0) is 25.2 Å². The van der Waals surface area contributed by atoms with Crippen LogP contribution in [0.4, 0.5) is 5.82 Å². The lowest BCUT2D eigenvalue weighted by Crippen LogP contribution is -2.51. The van der Waals surface area contributed by atoms with Gasteiger partial charge < -0.3 is 19.7 Å². The maximum atomic E-state index is 5.90. The van der Waals surface area contributed by atoms with E-state index in [4.69, 9.17) is 19.7 Å². The van der Waals surface area contributed by atoms with Gasteiger partial charge in [-0.3, -0.25) is 4.90 Å². The van der Waals surface area contributed by atoms with Gasteiger partial charge in [-0.1, -0.05) is 5.16 Å². The smallest absolute Gasteiger partial charge is 0.169 e. The Balaban J connectivity index is 1.82. The number of hydrogen-bond acceptors (Lipinski definition) is 6. The highest BCUT2D eigenvalue weighted by molar-refractivity contribution is 5.64. The second-order valence-corrected chi connectivity index (χ2v) is 4.94. The SMILES string of the molecule is COc1cc(-c2cc(N)no2)ccc1OC1CN(C)C1. The molecule has 6 nitrogen and oxygen atoms in total. The summed E-state index contributed by atoms with van der Waals surface area (Å²) in [6, 6.07) is 7.32. The van der Waals surface area contributed by atoms with E-state index in [0.717, 1.165) is 24.4 Å². The van der Waals surface area contributed by atoms with Crippen molar-refractivity contribution in [1.29, 1.82) is 0 Å². The summed E-state index contributed by atoms with van der Waals surface area (Å²) < 4.78 is 16.4. The van der Waals surface area contributed by atoms with Crippen LogP contribution in [0.15, 0.2) is 28.8 Å². The van der Waals surface area contributed by atoms with Gasteiger partial charge in [0.25, 0.3) is 0 Å². The zero-order chi connectivity index (χ0) is 14.1. The molecule has 20 heavy (non-hydrogen) atoms. The van der Waals surface area contributed by atoms with Crippen LogP contribution >= 0.6 is 0 Å². The van der Waals surface area contributed by atoms with Gasteiger partial charge in [0.1, 0.15) is 6.10 Å². The molecule has 0 bridgehead atoms. The van der Waals surface area contributed by atoms with Crippen LogP contribution in [-0.2, 0) is 0 Å². The Bertz CT molecular complexity index is 605. The summed E-state index contributed by atoms with van der Waals surface area (Å²) >= 11 is 0. The summed E-state index contributed by atoms with van der Waals surface area (Å²) in [6.45, 7) is 1.87. The van der Waals surface area contributed by atoms with Gasteiger partial charge >= 0.3 is 0 Å². The molecule has 1 saturated heterocycles. The van der Waals surface area contributed by atoms with Crippen LogP contribution in [0.5, 0.6) is 11.5 Å². The number of hydrogen-bond donors (Lipinski definition) is 1. The molecule has 1 aliphatic heterocycles. The Labute approximate surface area is 117 Å². The number of aromatic nitrogens is 1. The summed E-state index contributed by atoms with van der Waals surface area (Å²) in [5.74, 6) is 2.38. The third-order valence-corrected chi connectivity index (χ3v) is 3.30. The van der Waals surface area contributed by atoms with Crippen LogP contribution in [0.25, 0.3) is 11.3 Å². The number of likely N-dealkylation sites (tertiary alicyclic amines) is 1. The molecule has 6 heteroatoms. The van der Waals surface area contributed by atoms with Gasteiger partial charge in [0.2, 0.25) is 0 Å². The standard InChI is InChI=1S/C14H17N3O3/c1-17-7-10(8-17)19-11-4-3-9(5-13(11)18-2)12-6-14(15)16-20-12/h3-6,10H,7-8H2,1-2H3,(H2,15,16). The minimum atomic E-state index is 0.223. The lowest BCUT2D eigenvalue weighted by molar-refractivity contribution is 0.0370. The van der Waals surface area contributed by atoms with Gasteiger partial charge in [0.05, 0.1) is 7.11 Å². The molecule has 1 aromatic heterocycles. The molecule has 0 unspecified atom stereocenters. The fourth-order valence-corrected chi connectivity index (χ4v) is 2.24. The predicted molar refractivity (Wildman–Crippen MR) is 74.8 cm³/mol. The van der Waals surface area contributed by atoms with Gasteiger partial charge in [-0.15, -0.1) is 0 Å². The number of methoxy groups -OCH3 is 1. The van der Waals surface area contributed by atoms with Crippen molar-refractivity contribution in [3.63, 3.8) is 0 Å². The number of likely N-dealkylation sites (N-methyl/N-ethyl adjacent to an activating group) is 1. The number of rotatable bonds is 4. The van der Waals surface area contributed by atoms with Crippen molar-refractivity contribution in [1.82, 2.24) is 10.1 Å². The molecule has 2 heterocycles. The van der Waals surface area contributed by atoms with Crippen LogP contribution in [0.1, 0.15) is 0 Å². The second kappa shape index (κ2) is 5.05. The molecule has 3 rings (SSSR count). The highest BCUT2D eigenvalue weighted by Crippen LogP contribution is 2.34. The van der Waals surface area contributed by atoms with Crippen LogP contribution in [0, 0.1) is 0 Å². The number of nitrogen functional groups attached to an aromatic ring is 1. The first-order valence-corrected chi connectivity index (χ1v) is 6.41. The van der Waals surface area contributed by atoms with E-state index in [0.29, 0.717) is 17.3 Å². The Morgan fingerprint density at radius 3 is 2.70 bits per heavy atom. The van der Waals surface area contributed by atoms with Gasteiger partial charge in [-0.2, -0.15) is 0 Å². The number of nitrogens with two attached hydrogens (primary N) is 1. The summed E-state index contributed by atoms with van der Waals surface area (Å²) in [7, 11) is 3.68. The maximum Gasteiger partial charge on any atom is 0.169 e. The number of nitrogens with zero attached hydrogens (tertiary/aromatic N) is 2. The Morgan fingerprint density at radius 2 is 2.10 bits per heavy atom. The van der Waals surface area contributed by atoms with E-state index in [1.807, 2.05) is 18.2 Å². The first-order chi connectivity index (χ1) is 9.65. The van der Waals surface area contributed by atoms with Crippen LogP contribution < -0.4 is 15.2 Å². The van der Waals surface area contributed by atoms with Crippen molar-refractivity contribution >= 4 is 5.82 Å². The van der Waals surface area contributed by atoms with Crippen molar-refractivity contribution in [3.8, 4) is 22.8 Å². The minimum Gasteiger partial charge on any atom is -0.493 e. The molecule has 106 valence electrons. The lowest BCUT2D eigenvalue weighted by Gasteiger charge is -2.36. The molecule has 0 spiro atoms. The Morgan fingerprint density at radius 1 is 1.30 bits per heavy atom. The van der Waals surface area contributed by atoms with Crippen LogP contribution in [0.2, 0.25) is 0 Å². The first-order valence-electron chi connectivity index (χ1n) is 6.41. The summed E-state index contributed by atoms with van der Waals surface area (Å²) in [5.41, 5.74) is 6.41. The molecule has 0 amide bonds. The molecular weight excluding hydrogens is 258 g/mol. The second-order valence-electron chi connectivity index (χ2n) is 4.94. The summed E-state index contributed by atoms with van der Waals surface area (Å²) in [4.78, 5) is 2.20. The number of ether oxygens (including phenoxy) is 2. The molecule has 0 atom stereocenters. The zero-order valence-electron chi connectivity index (χ0n) is 11.5. The maximum absolute atomic E-state index is 5.90. The highest BCUT2D eigenvalue weighted by atomic mass is 16.5. The fourth-order valence-electron chi connectivity index (χ4n) is 2.24. The van der Waals surface area contributed by atoms with Crippen molar-refractivity contribution < 1.29 is 14.0 Å². The quantitative estimate of drug-likeness (QED) is 0.914. The average molecular weight is 275 g/mol. The normalized spacial score (nSPS) is 15.9. The third kappa shape index (κ3) is 2.42. The van der Waals surface area contributed by atoms with E-state index < -0.39 is 0 Å². The summed E-state index contributed by atoms with van der Waals surface area (Å²) in [5, 5.41) is 3.68. The topological polar surface area (TPSA) is 73.8 Å². The average Bonchev–Trinajstić information content (AvgIpc) is 2.84. The lowest BCUT2D eigenvalue weighted by atomic mass is 10.1. The fraction of sp³-hybridized carbons (Fsp3) is 0.357. The van der Waals surface area contributed by atoms with Crippen molar-refractivity contribution in [2.45, 2.75) is 6.10 Å². The highest BCUT2D eigenvalue weighted by Gasteiger charge is 2.26. The number of anilines is 1. The van der Waals surface area contributed by atoms with Gasteiger partial charge in [0, 0.05) is 24.7 Å². The van der Waals surface area contributed by atoms with Gasteiger partial charge in [0.15, 0.2) is 23.1 Å². The Kier molecular flexibility index (Phi) is 3.23. The molecule has 1 fully saturated rings. The zero-order valence-corrected chi connectivity index (χ0v) is 11.5. The van der Waals surface area contributed by atoms with Crippen molar-refractivity contribution in [2.75, 3.05) is 33.0 Å². The van der Waals surface area contributed by atoms with E-state index in [9.17, 15) is 0 Å². The third-order valence-electron chi connectivity index (χ3n) is 3.30. The van der Waals surface area contributed by atoms with E-state index in [1.54, 1.807) is 13.2 Å². The van der Waals surface area contributed by atoms with E-state index in [2.05, 4.69) is 17.1 Å². The molecule has 2 aromatic rings. The van der Waals surface area contributed by atoms with Gasteiger partial charge in [-0.25, -0.2) is 0 Å². The largest absolute Gasteiger partial charge is 0.493 e. The Hall–Kier alpha value is -2.21. The predicted octanol–water partition coefficient (Wildman–Crippen LogP) is 1.63. The van der Waals surface area contributed by atoms with Crippen LogP contribution in [-0.4, -0.2) is 43.4 Å². The summed E-state index contributed by atoms with van der Waals surface area (Å²) in [6.07, 6.45) is 0.223. The van der Waals surface area contributed by atoms with E-state index >= 15 is 0 Å². The minimum absolute atomic E-state index is 0.223. The van der Waals surface area contributed by atoms with Crippen molar-refractivity contribution in [2.24, 2.45) is 0 Å². The van der Waals surface area contributed by atoms with Crippen LogP contribution in [0.3, 0.4) is 0 Å². The molecule has 0 saturated carbocycles. The van der Waals surface area contributed by atoms with E-state index in [1.165, 1.54) is 0 Å². The first kappa shape index (κ1) is 12.8. The number of benzene rings is 1. The van der Waals surface area contributed by atoms with Crippen molar-refractivity contribution in [3.05, 3.63) is 24.3 Å². The molecule has 1 aliphatic rings. The molecule has 0 aliphatic carbocycles. The molecular formula is C14H17N3O3. The molecule has 1 aromatic carbocycles. The molecule has 0 radical (unpaired) electrons.